The van der Waals surface area contributed by atoms with E-state index in [9.17, 15) is 0 Å². The van der Waals surface area contributed by atoms with Crippen molar-refractivity contribution >= 4 is 11.6 Å². The van der Waals surface area contributed by atoms with Gasteiger partial charge < -0.3 is 10.6 Å². The third-order valence-corrected chi connectivity index (χ3v) is 4.29. The molecule has 2 N–H and O–H groups in total. The van der Waals surface area contributed by atoms with Crippen molar-refractivity contribution in [2.24, 2.45) is 0 Å². The molecule has 0 bridgehead atoms. The minimum Gasteiger partial charge on any atom is -0.314 e. The second-order valence-electron chi connectivity index (χ2n) is 6.19. The van der Waals surface area contributed by atoms with Crippen molar-refractivity contribution in [1.29, 1.82) is 0 Å². The quantitative estimate of drug-likeness (QED) is 0.834. The Morgan fingerprint density at radius 1 is 1.30 bits per heavy atom. The van der Waals surface area contributed by atoms with Crippen LogP contribution in [0.5, 0.6) is 0 Å². The van der Waals surface area contributed by atoms with Gasteiger partial charge in [-0.25, -0.2) is 0 Å². The van der Waals surface area contributed by atoms with Crippen LogP contribution in [-0.4, -0.2) is 24.7 Å². The van der Waals surface area contributed by atoms with E-state index < -0.39 is 0 Å². The molecule has 1 fully saturated rings. The smallest absolute Gasteiger partial charge is 0.0408 e. The minimum absolute atomic E-state index is 0.479. The maximum Gasteiger partial charge on any atom is 0.0408 e. The predicted octanol–water partition coefficient (Wildman–Crippen LogP) is 3.78. The van der Waals surface area contributed by atoms with Gasteiger partial charge in [0.15, 0.2) is 0 Å². The van der Waals surface area contributed by atoms with Crippen LogP contribution in [0, 0.1) is 0 Å². The van der Waals surface area contributed by atoms with Crippen LogP contribution in [-0.2, 0) is 6.42 Å². The summed E-state index contributed by atoms with van der Waals surface area (Å²) in [5.41, 5.74) is 1.31. The summed E-state index contributed by atoms with van der Waals surface area (Å²) >= 11 is 6.03. The lowest BCUT2D eigenvalue weighted by Crippen LogP contribution is -2.42. The predicted molar refractivity (Wildman–Crippen MR) is 87.5 cm³/mol. The van der Waals surface area contributed by atoms with Crippen molar-refractivity contribution in [2.45, 2.75) is 64.1 Å². The van der Waals surface area contributed by atoms with Crippen molar-refractivity contribution in [3.8, 4) is 0 Å². The Hall–Kier alpha value is -0.570. The molecular weight excluding hydrogens is 268 g/mol. The van der Waals surface area contributed by atoms with E-state index in [4.69, 9.17) is 11.6 Å². The molecule has 0 spiro atoms. The summed E-state index contributed by atoms with van der Waals surface area (Å²) in [7, 11) is 0. The Kier molecular flexibility index (Phi) is 6.34. The maximum absolute atomic E-state index is 6.03. The lowest BCUT2D eigenvalue weighted by atomic mass is 9.98. The van der Waals surface area contributed by atoms with Gasteiger partial charge in [0, 0.05) is 23.1 Å². The number of rotatable bonds is 6. The van der Waals surface area contributed by atoms with E-state index >= 15 is 0 Å². The molecule has 3 atom stereocenters. The molecule has 1 aliphatic rings. The van der Waals surface area contributed by atoms with Gasteiger partial charge in [0.05, 0.1) is 0 Å². The summed E-state index contributed by atoms with van der Waals surface area (Å²) in [6.07, 6.45) is 6.30. The number of piperidine rings is 1. The summed E-state index contributed by atoms with van der Waals surface area (Å²) in [5.74, 6) is 0. The van der Waals surface area contributed by atoms with Gasteiger partial charge in [0.25, 0.3) is 0 Å². The summed E-state index contributed by atoms with van der Waals surface area (Å²) < 4.78 is 0. The number of nitrogens with one attached hydrogen (secondary N) is 2. The van der Waals surface area contributed by atoms with Crippen molar-refractivity contribution in [2.75, 3.05) is 6.54 Å². The minimum atomic E-state index is 0.479. The molecule has 1 saturated heterocycles. The second kappa shape index (κ2) is 8.02. The van der Waals surface area contributed by atoms with Crippen molar-refractivity contribution in [3.63, 3.8) is 0 Å². The molecule has 0 aromatic heterocycles. The summed E-state index contributed by atoms with van der Waals surface area (Å²) in [6.45, 7) is 5.74. The van der Waals surface area contributed by atoms with Gasteiger partial charge in [-0.2, -0.15) is 0 Å². The van der Waals surface area contributed by atoms with E-state index in [0.29, 0.717) is 18.1 Å². The van der Waals surface area contributed by atoms with Gasteiger partial charge in [0.2, 0.25) is 0 Å². The van der Waals surface area contributed by atoms with Crippen LogP contribution in [0.15, 0.2) is 24.3 Å². The molecule has 2 rings (SSSR count). The molecule has 0 amide bonds. The van der Waals surface area contributed by atoms with Gasteiger partial charge in [-0.3, -0.25) is 0 Å². The van der Waals surface area contributed by atoms with Gasteiger partial charge in [-0.1, -0.05) is 30.2 Å². The van der Waals surface area contributed by atoms with Crippen LogP contribution in [0.2, 0.25) is 5.02 Å². The van der Waals surface area contributed by atoms with Gasteiger partial charge in [-0.15, -0.1) is 0 Å². The van der Waals surface area contributed by atoms with E-state index in [1.807, 2.05) is 12.1 Å². The first-order chi connectivity index (χ1) is 9.63. The SMILES string of the molecule is CC(Cc1cccc(Cl)c1)NC(C)CC1CCCCN1. The zero-order valence-corrected chi connectivity index (χ0v) is 13.4. The highest BCUT2D eigenvalue weighted by molar-refractivity contribution is 6.30. The van der Waals surface area contributed by atoms with Crippen LogP contribution in [0.4, 0.5) is 0 Å². The highest BCUT2D eigenvalue weighted by Crippen LogP contribution is 2.14. The average molecular weight is 295 g/mol. The Labute approximate surface area is 128 Å². The molecule has 20 heavy (non-hydrogen) atoms. The molecular formula is C17H27ClN2. The molecule has 0 radical (unpaired) electrons. The molecule has 0 saturated carbocycles. The Bertz CT molecular complexity index is 402. The zero-order chi connectivity index (χ0) is 14.4. The molecule has 1 aliphatic heterocycles. The maximum atomic E-state index is 6.03. The van der Waals surface area contributed by atoms with Crippen LogP contribution in [0.3, 0.4) is 0 Å². The number of halogens is 1. The second-order valence-corrected chi connectivity index (χ2v) is 6.62. The molecule has 3 unspecified atom stereocenters. The third kappa shape index (κ3) is 5.43. The molecule has 2 nitrogen and oxygen atoms in total. The molecule has 0 aliphatic carbocycles. The normalized spacial score (nSPS) is 22.4. The monoisotopic (exact) mass is 294 g/mol. The number of hydrogen-bond acceptors (Lipinski definition) is 2. The van der Waals surface area contributed by atoms with E-state index in [1.54, 1.807) is 0 Å². The number of hydrogen-bond donors (Lipinski definition) is 2. The van der Waals surface area contributed by atoms with Crippen LogP contribution in [0.1, 0.15) is 45.1 Å². The molecule has 1 aromatic carbocycles. The lowest BCUT2D eigenvalue weighted by Gasteiger charge is -2.28. The van der Waals surface area contributed by atoms with Crippen LogP contribution in [0.25, 0.3) is 0 Å². The van der Waals surface area contributed by atoms with Crippen molar-refractivity contribution in [1.82, 2.24) is 10.6 Å². The van der Waals surface area contributed by atoms with Crippen LogP contribution >= 0.6 is 11.6 Å². The van der Waals surface area contributed by atoms with E-state index in [2.05, 4.69) is 36.6 Å². The summed E-state index contributed by atoms with van der Waals surface area (Å²) in [5, 5.41) is 8.16. The average Bonchev–Trinajstić information content (AvgIpc) is 2.39. The summed E-state index contributed by atoms with van der Waals surface area (Å²) in [6, 6.07) is 9.90. The number of benzene rings is 1. The molecule has 1 heterocycles. The van der Waals surface area contributed by atoms with Gasteiger partial charge in [-0.05, 0) is 63.8 Å². The molecule has 1 aromatic rings. The van der Waals surface area contributed by atoms with E-state index in [0.717, 1.165) is 11.4 Å². The highest BCUT2D eigenvalue weighted by atomic mass is 35.5. The fraction of sp³-hybridized carbons (Fsp3) is 0.647. The highest BCUT2D eigenvalue weighted by Gasteiger charge is 2.16. The fourth-order valence-corrected chi connectivity index (χ4v) is 3.39. The molecule has 3 heteroatoms. The first-order valence-corrected chi connectivity index (χ1v) is 8.25. The van der Waals surface area contributed by atoms with E-state index in [-0.39, 0.29) is 0 Å². The largest absolute Gasteiger partial charge is 0.314 e. The molecule has 112 valence electrons. The topological polar surface area (TPSA) is 24.1 Å². The van der Waals surface area contributed by atoms with Gasteiger partial charge in [0.1, 0.15) is 0 Å². The Balaban J connectivity index is 1.74. The standard InChI is InChI=1S/C17H27ClN2/c1-13(10-15-6-5-7-16(18)12-15)20-14(2)11-17-8-3-4-9-19-17/h5-7,12-14,17,19-20H,3-4,8-11H2,1-2H3. The van der Waals surface area contributed by atoms with E-state index in [1.165, 1.54) is 37.8 Å². The lowest BCUT2D eigenvalue weighted by molar-refractivity contribution is 0.332. The fourth-order valence-electron chi connectivity index (χ4n) is 3.18. The Morgan fingerprint density at radius 2 is 2.15 bits per heavy atom. The van der Waals surface area contributed by atoms with Gasteiger partial charge >= 0.3 is 0 Å². The van der Waals surface area contributed by atoms with Crippen LogP contribution < -0.4 is 10.6 Å². The summed E-state index contributed by atoms with van der Waals surface area (Å²) in [4.78, 5) is 0. The first-order valence-electron chi connectivity index (χ1n) is 7.87. The third-order valence-electron chi connectivity index (χ3n) is 4.05. The zero-order valence-electron chi connectivity index (χ0n) is 12.7. The van der Waals surface area contributed by atoms with Crippen molar-refractivity contribution < 1.29 is 0 Å². The van der Waals surface area contributed by atoms with Crippen molar-refractivity contribution in [3.05, 3.63) is 34.9 Å². The Morgan fingerprint density at radius 3 is 2.85 bits per heavy atom. The first kappa shape index (κ1) is 15.8.